The van der Waals surface area contributed by atoms with Gasteiger partial charge in [-0.25, -0.2) is 0 Å². The standard InChI is InChI=1S/C11H15N3/c1-8-5-9-7-14(11(2,3)4)13-10(9)6-12-8/h5-7H,1-4H3. The average Bonchev–Trinajstić information content (AvgIpc) is 2.45. The van der Waals surface area contributed by atoms with Gasteiger partial charge in [-0.2, -0.15) is 5.10 Å². The van der Waals surface area contributed by atoms with Gasteiger partial charge in [0, 0.05) is 17.3 Å². The van der Waals surface area contributed by atoms with E-state index in [0.29, 0.717) is 0 Å². The van der Waals surface area contributed by atoms with E-state index in [9.17, 15) is 0 Å². The number of aryl methyl sites for hydroxylation is 1. The molecule has 14 heavy (non-hydrogen) atoms. The number of hydrogen-bond donors (Lipinski definition) is 0. The van der Waals surface area contributed by atoms with E-state index in [2.05, 4.69) is 43.1 Å². The topological polar surface area (TPSA) is 30.7 Å². The van der Waals surface area contributed by atoms with Crippen LogP contribution in [0.25, 0.3) is 10.9 Å². The third-order valence-electron chi connectivity index (χ3n) is 2.21. The van der Waals surface area contributed by atoms with Gasteiger partial charge in [-0.15, -0.1) is 0 Å². The lowest BCUT2D eigenvalue weighted by Crippen LogP contribution is -2.21. The summed E-state index contributed by atoms with van der Waals surface area (Å²) >= 11 is 0. The van der Waals surface area contributed by atoms with Gasteiger partial charge < -0.3 is 0 Å². The molecule has 0 aliphatic rings. The number of aromatic nitrogens is 3. The summed E-state index contributed by atoms with van der Waals surface area (Å²) in [5.74, 6) is 0. The second-order valence-corrected chi connectivity index (χ2v) is 4.63. The Hall–Kier alpha value is -1.38. The number of hydrogen-bond acceptors (Lipinski definition) is 2. The lowest BCUT2D eigenvalue weighted by Gasteiger charge is -2.18. The third-order valence-corrected chi connectivity index (χ3v) is 2.21. The van der Waals surface area contributed by atoms with Crippen molar-refractivity contribution >= 4 is 10.9 Å². The van der Waals surface area contributed by atoms with Crippen LogP contribution in [0, 0.1) is 6.92 Å². The monoisotopic (exact) mass is 189 g/mol. The predicted molar refractivity (Wildman–Crippen MR) is 57.3 cm³/mol. The first-order chi connectivity index (χ1) is 6.47. The molecule has 0 unspecified atom stereocenters. The van der Waals surface area contributed by atoms with Crippen LogP contribution in [0.2, 0.25) is 0 Å². The van der Waals surface area contributed by atoms with E-state index in [1.807, 2.05) is 17.8 Å². The highest BCUT2D eigenvalue weighted by Gasteiger charge is 2.14. The summed E-state index contributed by atoms with van der Waals surface area (Å²) in [6.45, 7) is 8.41. The fourth-order valence-electron chi connectivity index (χ4n) is 1.38. The van der Waals surface area contributed by atoms with Crippen molar-refractivity contribution in [1.29, 1.82) is 0 Å². The van der Waals surface area contributed by atoms with Crippen molar-refractivity contribution in [3.8, 4) is 0 Å². The molecule has 2 heterocycles. The van der Waals surface area contributed by atoms with Gasteiger partial charge in [0.2, 0.25) is 0 Å². The molecular weight excluding hydrogens is 174 g/mol. The maximum atomic E-state index is 4.48. The van der Waals surface area contributed by atoms with Crippen molar-refractivity contribution < 1.29 is 0 Å². The molecule has 0 aromatic carbocycles. The fourth-order valence-corrected chi connectivity index (χ4v) is 1.38. The summed E-state index contributed by atoms with van der Waals surface area (Å²) in [4.78, 5) is 4.23. The predicted octanol–water partition coefficient (Wildman–Crippen LogP) is 2.49. The van der Waals surface area contributed by atoms with Gasteiger partial charge in [0.05, 0.1) is 11.7 Å². The molecule has 0 aliphatic heterocycles. The number of nitrogens with zero attached hydrogens (tertiary/aromatic N) is 3. The van der Waals surface area contributed by atoms with E-state index in [1.165, 1.54) is 0 Å². The highest BCUT2D eigenvalue weighted by Crippen LogP contribution is 2.18. The average molecular weight is 189 g/mol. The maximum Gasteiger partial charge on any atom is 0.111 e. The molecule has 0 atom stereocenters. The van der Waals surface area contributed by atoms with Crippen molar-refractivity contribution in [2.24, 2.45) is 0 Å². The minimum atomic E-state index is 0.0346. The number of rotatable bonds is 0. The number of pyridine rings is 1. The largest absolute Gasteiger partial charge is 0.266 e. The molecule has 2 aromatic heterocycles. The molecule has 3 nitrogen and oxygen atoms in total. The Labute approximate surface area is 83.8 Å². The van der Waals surface area contributed by atoms with Gasteiger partial charge in [0.25, 0.3) is 0 Å². The summed E-state index contributed by atoms with van der Waals surface area (Å²) in [6.07, 6.45) is 3.90. The normalized spacial score (nSPS) is 12.3. The van der Waals surface area contributed by atoms with Crippen molar-refractivity contribution in [1.82, 2.24) is 14.8 Å². The van der Waals surface area contributed by atoms with Gasteiger partial charge in [-0.3, -0.25) is 9.67 Å². The summed E-state index contributed by atoms with van der Waals surface area (Å²) in [5.41, 5.74) is 2.03. The van der Waals surface area contributed by atoms with Crippen LogP contribution in [0.4, 0.5) is 0 Å². The molecule has 2 rings (SSSR count). The second-order valence-electron chi connectivity index (χ2n) is 4.63. The van der Waals surface area contributed by atoms with Crippen LogP contribution in [0.3, 0.4) is 0 Å². The zero-order chi connectivity index (χ0) is 10.3. The lowest BCUT2D eigenvalue weighted by atomic mass is 10.1. The van der Waals surface area contributed by atoms with Gasteiger partial charge in [0.1, 0.15) is 5.52 Å². The Kier molecular flexibility index (Phi) is 1.84. The van der Waals surface area contributed by atoms with E-state index >= 15 is 0 Å². The molecular formula is C11H15N3. The molecule has 0 saturated carbocycles. The van der Waals surface area contributed by atoms with Gasteiger partial charge >= 0.3 is 0 Å². The maximum absolute atomic E-state index is 4.48. The minimum absolute atomic E-state index is 0.0346. The fraction of sp³-hybridized carbons (Fsp3) is 0.455. The van der Waals surface area contributed by atoms with Crippen LogP contribution in [-0.2, 0) is 5.54 Å². The van der Waals surface area contributed by atoms with E-state index < -0.39 is 0 Å². The first kappa shape index (κ1) is 9.19. The first-order valence-corrected chi connectivity index (χ1v) is 4.79. The summed E-state index contributed by atoms with van der Waals surface area (Å²) in [7, 11) is 0. The van der Waals surface area contributed by atoms with Crippen molar-refractivity contribution in [3.63, 3.8) is 0 Å². The van der Waals surface area contributed by atoms with E-state index in [1.54, 1.807) is 0 Å². The summed E-state index contributed by atoms with van der Waals surface area (Å²) in [5, 5.41) is 5.64. The van der Waals surface area contributed by atoms with Crippen LogP contribution in [0.1, 0.15) is 26.5 Å². The SMILES string of the molecule is Cc1cc2cn(C(C)(C)C)nc2cn1. The molecule has 0 amide bonds. The zero-order valence-corrected chi connectivity index (χ0v) is 9.07. The Morgan fingerprint density at radius 2 is 2.00 bits per heavy atom. The minimum Gasteiger partial charge on any atom is -0.266 e. The van der Waals surface area contributed by atoms with E-state index in [4.69, 9.17) is 0 Å². The van der Waals surface area contributed by atoms with Crippen LogP contribution in [-0.4, -0.2) is 14.8 Å². The number of fused-ring (bicyclic) bond motifs is 1. The molecule has 3 heteroatoms. The molecule has 0 aliphatic carbocycles. The molecule has 0 radical (unpaired) electrons. The van der Waals surface area contributed by atoms with E-state index in [0.717, 1.165) is 16.6 Å². The Morgan fingerprint density at radius 3 is 2.64 bits per heavy atom. The highest BCUT2D eigenvalue weighted by atomic mass is 15.3. The second kappa shape index (κ2) is 2.80. The zero-order valence-electron chi connectivity index (χ0n) is 9.07. The Balaban J connectivity index is 2.63. The van der Waals surface area contributed by atoms with Crippen LogP contribution < -0.4 is 0 Å². The van der Waals surface area contributed by atoms with Crippen LogP contribution in [0.5, 0.6) is 0 Å². The van der Waals surface area contributed by atoms with Crippen LogP contribution >= 0.6 is 0 Å². The van der Waals surface area contributed by atoms with Crippen LogP contribution in [0.15, 0.2) is 18.5 Å². The molecule has 0 saturated heterocycles. The van der Waals surface area contributed by atoms with Crippen molar-refractivity contribution in [2.45, 2.75) is 33.2 Å². The smallest absolute Gasteiger partial charge is 0.111 e. The van der Waals surface area contributed by atoms with Crippen molar-refractivity contribution in [3.05, 3.63) is 24.2 Å². The summed E-state index contributed by atoms with van der Waals surface area (Å²) in [6, 6.07) is 2.06. The molecule has 0 N–H and O–H groups in total. The molecule has 0 spiro atoms. The quantitative estimate of drug-likeness (QED) is 0.637. The van der Waals surface area contributed by atoms with Crippen molar-refractivity contribution in [2.75, 3.05) is 0 Å². The lowest BCUT2D eigenvalue weighted by molar-refractivity contribution is 0.358. The summed E-state index contributed by atoms with van der Waals surface area (Å²) < 4.78 is 1.98. The molecule has 2 aromatic rings. The molecule has 0 fully saturated rings. The highest BCUT2D eigenvalue weighted by molar-refractivity contribution is 5.77. The Morgan fingerprint density at radius 1 is 1.29 bits per heavy atom. The Bertz CT molecular complexity index is 463. The van der Waals surface area contributed by atoms with Gasteiger partial charge in [0.15, 0.2) is 0 Å². The van der Waals surface area contributed by atoms with Gasteiger partial charge in [-0.05, 0) is 33.8 Å². The molecule has 0 bridgehead atoms. The van der Waals surface area contributed by atoms with E-state index in [-0.39, 0.29) is 5.54 Å². The molecule has 74 valence electrons. The first-order valence-electron chi connectivity index (χ1n) is 4.79. The third kappa shape index (κ3) is 1.50. The van der Waals surface area contributed by atoms with Gasteiger partial charge in [-0.1, -0.05) is 0 Å².